The molecule has 0 radical (unpaired) electrons. The van der Waals surface area contributed by atoms with E-state index in [0.717, 1.165) is 0 Å². The monoisotopic (exact) mass is 230 g/mol. The lowest BCUT2D eigenvalue weighted by Crippen LogP contribution is -2.15. The van der Waals surface area contributed by atoms with Crippen molar-refractivity contribution in [2.45, 2.75) is 0 Å². The Kier molecular flexibility index (Phi) is 2.01. The van der Waals surface area contributed by atoms with E-state index in [4.69, 9.17) is 0 Å². The van der Waals surface area contributed by atoms with Gasteiger partial charge in [0.05, 0.1) is 11.0 Å². The van der Waals surface area contributed by atoms with Crippen molar-refractivity contribution in [3.63, 3.8) is 0 Å². The fraction of sp³-hybridized carbons (Fsp3) is 0. The van der Waals surface area contributed by atoms with Gasteiger partial charge in [0.1, 0.15) is 18.0 Å². The molecule has 0 saturated heterocycles. The fourth-order valence-corrected chi connectivity index (χ4v) is 1.73. The Balaban J connectivity index is 2.37. The smallest absolute Gasteiger partial charge is 0.305 e. The van der Waals surface area contributed by atoms with Gasteiger partial charge in [0, 0.05) is 6.20 Å². The van der Waals surface area contributed by atoms with E-state index >= 15 is 0 Å². The summed E-state index contributed by atoms with van der Waals surface area (Å²) >= 11 is 0. The van der Waals surface area contributed by atoms with E-state index in [9.17, 15) is 9.18 Å². The molecule has 84 valence electrons. The molecule has 1 aromatic carbocycles. The van der Waals surface area contributed by atoms with Crippen LogP contribution in [0.15, 0.2) is 41.6 Å². The van der Waals surface area contributed by atoms with Crippen LogP contribution in [-0.2, 0) is 0 Å². The standard InChI is InChI=1S/C11H7FN4O/c12-7-1-2-9-8(5-7)15-11(17)16(9)10-3-4-13-6-14-10/h1-6H,(H,15,17). The lowest BCUT2D eigenvalue weighted by atomic mass is 10.3. The zero-order chi connectivity index (χ0) is 11.8. The molecule has 0 bridgehead atoms. The minimum Gasteiger partial charge on any atom is -0.305 e. The molecule has 2 heterocycles. The third kappa shape index (κ3) is 1.50. The normalized spacial score (nSPS) is 10.9. The average Bonchev–Trinajstić information content (AvgIpc) is 2.65. The second-order valence-corrected chi connectivity index (χ2v) is 3.49. The van der Waals surface area contributed by atoms with E-state index in [1.165, 1.54) is 35.3 Å². The van der Waals surface area contributed by atoms with Gasteiger partial charge in [-0.25, -0.2) is 23.7 Å². The third-order valence-electron chi connectivity index (χ3n) is 2.44. The van der Waals surface area contributed by atoms with Gasteiger partial charge in [-0.05, 0) is 24.3 Å². The molecule has 0 amide bonds. The summed E-state index contributed by atoms with van der Waals surface area (Å²) < 4.78 is 14.4. The summed E-state index contributed by atoms with van der Waals surface area (Å²) in [5.74, 6) is 0.0523. The molecule has 0 aliphatic carbocycles. The van der Waals surface area contributed by atoms with Crippen LogP contribution in [0.2, 0.25) is 0 Å². The van der Waals surface area contributed by atoms with Gasteiger partial charge in [-0.2, -0.15) is 0 Å². The molecule has 5 nitrogen and oxygen atoms in total. The van der Waals surface area contributed by atoms with Crippen LogP contribution in [-0.4, -0.2) is 19.5 Å². The number of halogens is 1. The minimum absolute atomic E-state index is 0.357. The molecule has 0 saturated carbocycles. The van der Waals surface area contributed by atoms with E-state index in [-0.39, 0.29) is 5.69 Å². The molecule has 17 heavy (non-hydrogen) atoms. The van der Waals surface area contributed by atoms with Crippen molar-refractivity contribution < 1.29 is 4.39 Å². The Hall–Kier alpha value is -2.50. The van der Waals surface area contributed by atoms with Crippen molar-refractivity contribution >= 4 is 11.0 Å². The molecule has 1 N–H and O–H groups in total. The number of rotatable bonds is 1. The summed E-state index contributed by atoms with van der Waals surface area (Å²) in [5, 5.41) is 0. The van der Waals surface area contributed by atoms with Crippen LogP contribution in [0.5, 0.6) is 0 Å². The number of nitrogens with zero attached hydrogens (tertiary/aromatic N) is 3. The Morgan fingerprint density at radius 1 is 1.29 bits per heavy atom. The minimum atomic E-state index is -0.395. The summed E-state index contributed by atoms with van der Waals surface area (Å²) in [7, 11) is 0. The van der Waals surface area contributed by atoms with Gasteiger partial charge in [0.15, 0.2) is 0 Å². The number of benzene rings is 1. The zero-order valence-electron chi connectivity index (χ0n) is 8.59. The second-order valence-electron chi connectivity index (χ2n) is 3.49. The van der Waals surface area contributed by atoms with Gasteiger partial charge in [-0.15, -0.1) is 0 Å². The molecule has 0 aliphatic rings. The molecule has 0 atom stereocenters. The summed E-state index contributed by atoms with van der Waals surface area (Å²) in [4.78, 5) is 22.1. The quantitative estimate of drug-likeness (QED) is 0.684. The van der Waals surface area contributed by atoms with Crippen LogP contribution < -0.4 is 5.69 Å². The first-order valence-corrected chi connectivity index (χ1v) is 4.92. The lowest BCUT2D eigenvalue weighted by molar-refractivity contribution is 0.629. The first-order valence-electron chi connectivity index (χ1n) is 4.92. The largest absolute Gasteiger partial charge is 0.332 e. The number of H-pyrrole nitrogens is 1. The van der Waals surface area contributed by atoms with Crippen molar-refractivity contribution in [2.75, 3.05) is 0 Å². The number of nitrogens with one attached hydrogen (secondary N) is 1. The first kappa shape index (κ1) is 9.71. The number of aromatic nitrogens is 4. The van der Waals surface area contributed by atoms with E-state index in [0.29, 0.717) is 16.9 Å². The van der Waals surface area contributed by atoms with Gasteiger partial charge in [-0.3, -0.25) is 0 Å². The highest BCUT2D eigenvalue weighted by molar-refractivity contribution is 5.76. The molecule has 0 aliphatic heterocycles. The maximum atomic E-state index is 13.0. The Bertz CT molecular complexity index is 732. The molecule has 3 aromatic rings. The highest BCUT2D eigenvalue weighted by Gasteiger charge is 2.09. The fourth-order valence-electron chi connectivity index (χ4n) is 1.73. The molecule has 0 spiro atoms. The van der Waals surface area contributed by atoms with Crippen molar-refractivity contribution in [2.24, 2.45) is 0 Å². The van der Waals surface area contributed by atoms with Gasteiger partial charge < -0.3 is 4.98 Å². The van der Waals surface area contributed by atoms with Crippen LogP contribution >= 0.6 is 0 Å². The molecule has 6 heteroatoms. The third-order valence-corrected chi connectivity index (χ3v) is 2.44. The van der Waals surface area contributed by atoms with Crippen molar-refractivity contribution in [3.8, 4) is 5.82 Å². The van der Waals surface area contributed by atoms with Gasteiger partial charge in [0.2, 0.25) is 0 Å². The number of aromatic amines is 1. The van der Waals surface area contributed by atoms with Crippen molar-refractivity contribution in [3.05, 3.63) is 53.1 Å². The van der Waals surface area contributed by atoms with Crippen LogP contribution in [0.1, 0.15) is 0 Å². The molecular formula is C11H7FN4O. The Morgan fingerprint density at radius 3 is 2.94 bits per heavy atom. The number of imidazole rings is 1. The maximum absolute atomic E-state index is 13.0. The average molecular weight is 230 g/mol. The topological polar surface area (TPSA) is 63.6 Å². The summed E-state index contributed by atoms with van der Waals surface area (Å²) in [6.45, 7) is 0. The van der Waals surface area contributed by atoms with Crippen molar-refractivity contribution in [1.29, 1.82) is 0 Å². The van der Waals surface area contributed by atoms with E-state index in [1.54, 1.807) is 6.07 Å². The molecule has 2 aromatic heterocycles. The highest BCUT2D eigenvalue weighted by atomic mass is 19.1. The van der Waals surface area contributed by atoms with Crippen LogP contribution in [0, 0.1) is 5.82 Å². The van der Waals surface area contributed by atoms with Gasteiger partial charge >= 0.3 is 5.69 Å². The molecular weight excluding hydrogens is 223 g/mol. The Morgan fingerprint density at radius 2 is 2.18 bits per heavy atom. The second kappa shape index (κ2) is 3.51. The molecule has 0 unspecified atom stereocenters. The first-order chi connectivity index (χ1) is 8.25. The zero-order valence-corrected chi connectivity index (χ0v) is 8.59. The van der Waals surface area contributed by atoms with E-state index in [2.05, 4.69) is 15.0 Å². The highest BCUT2D eigenvalue weighted by Crippen LogP contribution is 2.14. The number of hydrogen-bond donors (Lipinski definition) is 1. The summed E-state index contributed by atoms with van der Waals surface area (Å²) in [6.07, 6.45) is 2.89. The number of hydrogen-bond acceptors (Lipinski definition) is 3. The molecule has 3 rings (SSSR count). The predicted molar refractivity (Wildman–Crippen MR) is 59.4 cm³/mol. The lowest BCUT2D eigenvalue weighted by Gasteiger charge is -2.00. The summed E-state index contributed by atoms with van der Waals surface area (Å²) in [5.41, 5.74) is 0.660. The summed E-state index contributed by atoms with van der Waals surface area (Å²) in [6, 6.07) is 5.71. The SMILES string of the molecule is O=c1[nH]c2cc(F)ccc2n1-c1ccncn1. The van der Waals surface area contributed by atoms with E-state index < -0.39 is 5.82 Å². The van der Waals surface area contributed by atoms with Gasteiger partial charge in [0.25, 0.3) is 0 Å². The van der Waals surface area contributed by atoms with Crippen molar-refractivity contribution in [1.82, 2.24) is 19.5 Å². The van der Waals surface area contributed by atoms with Crippen LogP contribution in [0.3, 0.4) is 0 Å². The van der Waals surface area contributed by atoms with E-state index in [1.807, 2.05) is 0 Å². The maximum Gasteiger partial charge on any atom is 0.332 e. The van der Waals surface area contributed by atoms with Crippen LogP contribution in [0.4, 0.5) is 4.39 Å². The van der Waals surface area contributed by atoms with Gasteiger partial charge in [-0.1, -0.05) is 0 Å². The Labute approximate surface area is 94.6 Å². The number of fused-ring (bicyclic) bond motifs is 1. The van der Waals surface area contributed by atoms with Crippen LogP contribution in [0.25, 0.3) is 16.9 Å². The molecule has 0 fully saturated rings. The predicted octanol–water partition coefficient (Wildman–Crippen LogP) is 1.25.